The number of carboxylic acids is 1. The van der Waals surface area contributed by atoms with Crippen molar-refractivity contribution in [2.45, 2.75) is 12.6 Å². The average Bonchev–Trinajstić information content (AvgIpc) is 2.52. The number of pyridine rings is 1. The van der Waals surface area contributed by atoms with E-state index in [1.54, 1.807) is 12.1 Å². The van der Waals surface area contributed by atoms with E-state index in [1.807, 2.05) is 0 Å². The molecular weight excluding hydrogens is 327 g/mol. The third-order valence-electron chi connectivity index (χ3n) is 3.28. The number of methoxy groups -OCH3 is 2. The van der Waals surface area contributed by atoms with Crippen molar-refractivity contribution in [1.29, 1.82) is 0 Å². The van der Waals surface area contributed by atoms with Crippen LogP contribution in [0.5, 0.6) is 11.6 Å². The summed E-state index contributed by atoms with van der Waals surface area (Å²) < 4.78 is 48.3. The Labute approximate surface area is 135 Å². The van der Waals surface area contributed by atoms with Crippen molar-refractivity contribution in [3.63, 3.8) is 0 Å². The Morgan fingerprint density at radius 2 is 1.88 bits per heavy atom. The van der Waals surface area contributed by atoms with Gasteiger partial charge in [-0.1, -0.05) is 6.07 Å². The molecule has 5 nitrogen and oxygen atoms in total. The van der Waals surface area contributed by atoms with Crippen molar-refractivity contribution in [1.82, 2.24) is 4.98 Å². The summed E-state index contributed by atoms with van der Waals surface area (Å²) in [5.74, 6) is -0.876. The summed E-state index contributed by atoms with van der Waals surface area (Å²) in [4.78, 5) is 14.4. The Morgan fingerprint density at radius 3 is 2.42 bits per heavy atom. The molecule has 128 valence electrons. The number of carbonyl (C=O) groups is 1. The number of rotatable bonds is 5. The van der Waals surface area contributed by atoms with Gasteiger partial charge in [-0.2, -0.15) is 13.2 Å². The monoisotopic (exact) mass is 341 g/mol. The van der Waals surface area contributed by atoms with E-state index in [1.165, 1.54) is 26.4 Å². The fourth-order valence-corrected chi connectivity index (χ4v) is 2.22. The highest BCUT2D eigenvalue weighted by atomic mass is 19.4. The quantitative estimate of drug-likeness (QED) is 0.903. The molecule has 0 radical (unpaired) electrons. The van der Waals surface area contributed by atoms with Gasteiger partial charge in [-0.05, 0) is 29.8 Å². The zero-order valence-electron chi connectivity index (χ0n) is 12.8. The average molecular weight is 341 g/mol. The van der Waals surface area contributed by atoms with Crippen LogP contribution in [0.3, 0.4) is 0 Å². The first-order chi connectivity index (χ1) is 11.3. The van der Waals surface area contributed by atoms with Crippen LogP contribution in [0.4, 0.5) is 13.2 Å². The predicted molar refractivity (Wildman–Crippen MR) is 79.1 cm³/mol. The zero-order chi connectivity index (χ0) is 17.9. The van der Waals surface area contributed by atoms with Crippen molar-refractivity contribution in [3.8, 4) is 22.8 Å². The summed E-state index contributed by atoms with van der Waals surface area (Å²) in [6.07, 6.45) is -4.87. The van der Waals surface area contributed by atoms with Crippen LogP contribution in [0.25, 0.3) is 11.1 Å². The number of hydrogen-bond acceptors (Lipinski definition) is 4. The largest absolute Gasteiger partial charge is 0.496 e. The number of aliphatic carboxylic acids is 1. The molecule has 1 N–H and O–H groups in total. The molecule has 0 aliphatic heterocycles. The maximum Gasteiger partial charge on any atom is 0.433 e. The van der Waals surface area contributed by atoms with E-state index in [9.17, 15) is 18.0 Å². The molecule has 0 amide bonds. The van der Waals surface area contributed by atoms with E-state index >= 15 is 0 Å². The van der Waals surface area contributed by atoms with Crippen LogP contribution in [0.1, 0.15) is 11.3 Å². The summed E-state index contributed by atoms with van der Waals surface area (Å²) in [7, 11) is 2.62. The molecule has 24 heavy (non-hydrogen) atoms. The van der Waals surface area contributed by atoms with Crippen molar-refractivity contribution in [2.24, 2.45) is 0 Å². The summed E-state index contributed by atoms with van der Waals surface area (Å²) in [5, 5.41) is 8.96. The molecule has 1 heterocycles. The lowest BCUT2D eigenvalue weighted by atomic mass is 10.0. The van der Waals surface area contributed by atoms with Crippen LogP contribution in [0.15, 0.2) is 30.3 Å². The first kappa shape index (κ1) is 17.6. The molecule has 0 spiro atoms. The normalized spacial score (nSPS) is 11.2. The number of halogens is 3. The number of nitrogens with zero attached hydrogens (tertiary/aromatic N) is 1. The maximum absolute atomic E-state index is 12.7. The minimum Gasteiger partial charge on any atom is -0.496 e. The summed E-state index contributed by atoms with van der Waals surface area (Å²) in [5.41, 5.74) is 0.122. The molecule has 2 aromatic rings. The molecule has 0 saturated carbocycles. The summed E-state index contributed by atoms with van der Waals surface area (Å²) >= 11 is 0. The molecular formula is C16H14F3NO4. The second kappa shape index (κ2) is 6.77. The van der Waals surface area contributed by atoms with Gasteiger partial charge in [0.15, 0.2) is 0 Å². The maximum atomic E-state index is 12.7. The van der Waals surface area contributed by atoms with Gasteiger partial charge in [0, 0.05) is 11.1 Å². The number of ether oxygens (including phenoxy) is 2. The number of aromatic nitrogens is 1. The Bertz CT molecular complexity index is 759. The first-order valence-corrected chi connectivity index (χ1v) is 6.77. The molecule has 0 aliphatic carbocycles. The van der Waals surface area contributed by atoms with Crippen LogP contribution in [-0.2, 0) is 17.4 Å². The second-order valence-electron chi connectivity index (χ2n) is 4.85. The first-order valence-electron chi connectivity index (χ1n) is 6.77. The third-order valence-corrected chi connectivity index (χ3v) is 3.28. The van der Waals surface area contributed by atoms with Crippen molar-refractivity contribution < 1.29 is 32.5 Å². The van der Waals surface area contributed by atoms with Gasteiger partial charge in [-0.15, -0.1) is 0 Å². The van der Waals surface area contributed by atoms with Gasteiger partial charge in [0.1, 0.15) is 11.4 Å². The lowest BCUT2D eigenvalue weighted by Crippen LogP contribution is -2.09. The van der Waals surface area contributed by atoms with Gasteiger partial charge in [-0.3, -0.25) is 4.79 Å². The molecule has 8 heteroatoms. The van der Waals surface area contributed by atoms with Crippen LogP contribution in [0.2, 0.25) is 0 Å². The Balaban J connectivity index is 2.53. The highest BCUT2D eigenvalue weighted by molar-refractivity contribution is 5.75. The van der Waals surface area contributed by atoms with E-state index in [4.69, 9.17) is 14.6 Å². The van der Waals surface area contributed by atoms with Crippen LogP contribution < -0.4 is 9.47 Å². The van der Waals surface area contributed by atoms with Crippen LogP contribution >= 0.6 is 0 Å². The van der Waals surface area contributed by atoms with Crippen LogP contribution in [0, 0.1) is 0 Å². The molecule has 0 bridgehead atoms. The molecule has 1 aromatic heterocycles. The molecule has 0 unspecified atom stereocenters. The van der Waals surface area contributed by atoms with Gasteiger partial charge in [0.05, 0.1) is 20.6 Å². The van der Waals surface area contributed by atoms with Gasteiger partial charge in [0.2, 0.25) is 5.88 Å². The third kappa shape index (κ3) is 3.76. The minimum atomic E-state index is -4.58. The minimum absolute atomic E-state index is 0.198. The van der Waals surface area contributed by atoms with Crippen molar-refractivity contribution in [2.75, 3.05) is 14.2 Å². The number of alkyl halides is 3. The molecule has 1 aromatic carbocycles. The van der Waals surface area contributed by atoms with Crippen molar-refractivity contribution >= 4 is 5.97 Å². The highest BCUT2D eigenvalue weighted by Crippen LogP contribution is 2.35. The second-order valence-corrected chi connectivity index (χ2v) is 4.85. The predicted octanol–water partition coefficient (Wildman–Crippen LogP) is 3.41. The molecule has 0 saturated heterocycles. The number of benzene rings is 1. The SMILES string of the molecule is COc1ccc(-c2ccc(C(F)(F)F)nc2OC)cc1CC(=O)O. The smallest absolute Gasteiger partial charge is 0.433 e. The molecule has 0 aliphatic rings. The number of hydrogen-bond donors (Lipinski definition) is 1. The molecule has 0 fully saturated rings. The fourth-order valence-electron chi connectivity index (χ4n) is 2.22. The van der Waals surface area contributed by atoms with Gasteiger partial charge < -0.3 is 14.6 Å². The van der Waals surface area contributed by atoms with E-state index in [2.05, 4.69) is 4.98 Å². The summed E-state index contributed by atoms with van der Waals surface area (Å²) in [6, 6.07) is 6.75. The van der Waals surface area contributed by atoms with E-state index < -0.39 is 17.8 Å². The van der Waals surface area contributed by atoms with Crippen LogP contribution in [-0.4, -0.2) is 30.3 Å². The zero-order valence-corrected chi connectivity index (χ0v) is 12.8. The van der Waals surface area contributed by atoms with E-state index in [0.717, 1.165) is 6.07 Å². The van der Waals surface area contributed by atoms with E-state index in [0.29, 0.717) is 22.4 Å². The number of carboxylic acid groups (broad SMARTS) is 1. The Kier molecular flexibility index (Phi) is 4.96. The standard InChI is InChI=1S/C16H14F3NO4/c1-23-12-5-3-9(7-10(12)8-14(21)22)11-4-6-13(16(17,18)19)20-15(11)24-2/h3-7H,8H2,1-2H3,(H,21,22). The van der Waals surface area contributed by atoms with Gasteiger partial charge in [-0.25, -0.2) is 4.98 Å². The fraction of sp³-hybridized carbons (Fsp3) is 0.250. The Hall–Kier alpha value is -2.77. The molecule has 2 rings (SSSR count). The molecule has 0 atom stereocenters. The lowest BCUT2D eigenvalue weighted by molar-refractivity contribution is -0.141. The van der Waals surface area contributed by atoms with Gasteiger partial charge in [0.25, 0.3) is 0 Å². The highest BCUT2D eigenvalue weighted by Gasteiger charge is 2.33. The lowest BCUT2D eigenvalue weighted by Gasteiger charge is -2.13. The summed E-state index contributed by atoms with van der Waals surface area (Å²) in [6.45, 7) is 0. The Morgan fingerprint density at radius 1 is 1.17 bits per heavy atom. The topological polar surface area (TPSA) is 68.7 Å². The van der Waals surface area contributed by atoms with Gasteiger partial charge >= 0.3 is 12.1 Å². The van der Waals surface area contributed by atoms with Crippen molar-refractivity contribution in [3.05, 3.63) is 41.6 Å². The van der Waals surface area contributed by atoms with E-state index in [-0.39, 0.29) is 12.3 Å².